The monoisotopic (exact) mass is 319 g/mol. The minimum absolute atomic E-state index is 0.0108. The Hall–Kier alpha value is -2.29. The molecule has 122 valence electrons. The van der Waals surface area contributed by atoms with Gasteiger partial charge in [-0.1, -0.05) is 0 Å². The molecule has 6 nitrogen and oxygen atoms in total. The maximum absolute atomic E-state index is 12.5. The van der Waals surface area contributed by atoms with Gasteiger partial charge in [-0.15, -0.1) is 0 Å². The Kier molecular flexibility index (Phi) is 6.17. The summed E-state index contributed by atoms with van der Waals surface area (Å²) >= 11 is 0. The predicted molar refractivity (Wildman–Crippen MR) is 73.5 cm³/mol. The van der Waals surface area contributed by atoms with E-state index in [0.29, 0.717) is 10.6 Å². The number of halogens is 3. The molecule has 1 rings (SSSR count). The molecule has 0 fully saturated rings. The van der Waals surface area contributed by atoms with Crippen molar-refractivity contribution in [2.75, 3.05) is 32.1 Å². The Morgan fingerprint density at radius 3 is 2.32 bits per heavy atom. The quantitative estimate of drug-likeness (QED) is 0.839. The highest BCUT2D eigenvalue weighted by molar-refractivity contribution is 5.95. The van der Waals surface area contributed by atoms with Crippen LogP contribution in [0, 0.1) is 0 Å². The maximum atomic E-state index is 12.5. The summed E-state index contributed by atoms with van der Waals surface area (Å²) in [7, 11) is 1.33. The van der Waals surface area contributed by atoms with Crippen LogP contribution in [0.2, 0.25) is 0 Å². The van der Waals surface area contributed by atoms with E-state index in [9.17, 15) is 22.8 Å². The molecule has 0 saturated carbocycles. The SMILES string of the molecule is COCCN(CC(F)(F)F)C(=O)c1ccc(NC(N)=O)cc1. The van der Waals surface area contributed by atoms with Crippen molar-refractivity contribution in [1.29, 1.82) is 0 Å². The lowest BCUT2D eigenvalue weighted by Gasteiger charge is -2.23. The summed E-state index contributed by atoms with van der Waals surface area (Å²) in [5.74, 6) is -0.778. The second-order valence-electron chi connectivity index (χ2n) is 4.40. The summed E-state index contributed by atoms with van der Waals surface area (Å²) < 4.78 is 42.3. The number of ether oxygens (including phenoxy) is 1. The molecule has 0 radical (unpaired) electrons. The van der Waals surface area contributed by atoms with E-state index in [4.69, 9.17) is 10.5 Å². The molecular weight excluding hydrogens is 303 g/mol. The maximum Gasteiger partial charge on any atom is 0.406 e. The third-order valence-corrected chi connectivity index (χ3v) is 2.62. The van der Waals surface area contributed by atoms with Crippen LogP contribution in [-0.2, 0) is 4.74 Å². The number of nitrogens with zero attached hydrogens (tertiary/aromatic N) is 1. The molecule has 1 aromatic rings. The second-order valence-corrected chi connectivity index (χ2v) is 4.40. The molecule has 0 aromatic heterocycles. The highest BCUT2D eigenvalue weighted by atomic mass is 19.4. The van der Waals surface area contributed by atoms with Crippen LogP contribution < -0.4 is 11.1 Å². The highest BCUT2D eigenvalue weighted by Gasteiger charge is 2.33. The van der Waals surface area contributed by atoms with Gasteiger partial charge >= 0.3 is 12.2 Å². The van der Waals surface area contributed by atoms with E-state index in [1.54, 1.807) is 0 Å². The summed E-state index contributed by atoms with van der Waals surface area (Å²) in [5.41, 5.74) is 5.33. The highest BCUT2D eigenvalue weighted by Crippen LogP contribution is 2.19. The van der Waals surface area contributed by atoms with Crippen LogP contribution in [0.5, 0.6) is 0 Å². The lowest BCUT2D eigenvalue weighted by atomic mass is 10.1. The number of anilines is 1. The summed E-state index contributed by atoms with van der Waals surface area (Å²) in [6.45, 7) is -1.56. The van der Waals surface area contributed by atoms with Crippen LogP contribution in [0.25, 0.3) is 0 Å². The van der Waals surface area contributed by atoms with Gasteiger partial charge in [0, 0.05) is 24.9 Å². The van der Waals surface area contributed by atoms with Crippen molar-refractivity contribution in [3.63, 3.8) is 0 Å². The van der Waals surface area contributed by atoms with E-state index < -0.39 is 24.7 Å². The first-order valence-electron chi connectivity index (χ1n) is 6.24. The average Bonchev–Trinajstić information content (AvgIpc) is 2.41. The fourth-order valence-corrected chi connectivity index (χ4v) is 1.69. The average molecular weight is 319 g/mol. The largest absolute Gasteiger partial charge is 0.406 e. The third kappa shape index (κ3) is 6.00. The van der Waals surface area contributed by atoms with E-state index in [0.717, 1.165) is 0 Å². The molecule has 0 aliphatic rings. The van der Waals surface area contributed by atoms with Crippen LogP contribution >= 0.6 is 0 Å². The number of rotatable bonds is 6. The molecule has 0 heterocycles. The Bertz CT molecular complexity index is 518. The lowest BCUT2D eigenvalue weighted by molar-refractivity contribution is -0.141. The van der Waals surface area contributed by atoms with Crippen molar-refractivity contribution < 1.29 is 27.5 Å². The van der Waals surface area contributed by atoms with Crippen LogP contribution in [0.1, 0.15) is 10.4 Å². The van der Waals surface area contributed by atoms with Gasteiger partial charge in [0.25, 0.3) is 5.91 Å². The standard InChI is InChI=1S/C13H16F3N3O3/c1-22-7-6-19(8-13(14,15)16)11(20)9-2-4-10(5-3-9)18-12(17)21/h2-5H,6-8H2,1H3,(H3,17,18,21). The molecule has 0 aliphatic heterocycles. The van der Waals surface area contributed by atoms with Crippen molar-refractivity contribution in [3.8, 4) is 0 Å². The second kappa shape index (κ2) is 7.64. The normalized spacial score (nSPS) is 11.1. The zero-order valence-corrected chi connectivity index (χ0v) is 11.8. The molecule has 0 bridgehead atoms. The Labute approximate surface area is 125 Å². The number of nitrogens with one attached hydrogen (secondary N) is 1. The fourth-order valence-electron chi connectivity index (χ4n) is 1.69. The number of methoxy groups -OCH3 is 1. The first-order valence-corrected chi connectivity index (χ1v) is 6.24. The molecule has 0 aliphatic carbocycles. The predicted octanol–water partition coefficient (Wildman–Crippen LogP) is 1.83. The molecule has 0 spiro atoms. The molecule has 0 unspecified atom stereocenters. The first kappa shape index (κ1) is 17.8. The molecular formula is C13H16F3N3O3. The van der Waals surface area contributed by atoms with Crippen molar-refractivity contribution in [2.45, 2.75) is 6.18 Å². The van der Waals surface area contributed by atoms with Crippen LogP contribution in [0.4, 0.5) is 23.7 Å². The number of benzene rings is 1. The number of hydrogen-bond acceptors (Lipinski definition) is 3. The zero-order valence-electron chi connectivity index (χ0n) is 11.8. The van der Waals surface area contributed by atoms with Crippen molar-refractivity contribution in [3.05, 3.63) is 29.8 Å². The van der Waals surface area contributed by atoms with Gasteiger partial charge < -0.3 is 20.7 Å². The molecule has 22 heavy (non-hydrogen) atoms. The van der Waals surface area contributed by atoms with Crippen molar-refractivity contribution >= 4 is 17.6 Å². The molecule has 9 heteroatoms. The molecule has 0 saturated heterocycles. The van der Waals surface area contributed by atoms with Gasteiger partial charge in [0.15, 0.2) is 0 Å². The van der Waals surface area contributed by atoms with Gasteiger partial charge in [0.1, 0.15) is 6.54 Å². The van der Waals surface area contributed by atoms with Crippen molar-refractivity contribution in [1.82, 2.24) is 4.90 Å². The number of primary amides is 1. The number of amides is 3. The molecule has 1 aromatic carbocycles. The van der Waals surface area contributed by atoms with Crippen LogP contribution in [0.3, 0.4) is 0 Å². The lowest BCUT2D eigenvalue weighted by Crippen LogP contribution is -2.40. The summed E-state index contributed by atoms with van der Waals surface area (Å²) in [5, 5.41) is 2.29. The summed E-state index contributed by atoms with van der Waals surface area (Å²) in [4.78, 5) is 23.4. The number of carbonyl (C=O) groups excluding carboxylic acids is 2. The van der Waals surface area contributed by atoms with Gasteiger partial charge in [0.2, 0.25) is 0 Å². The van der Waals surface area contributed by atoms with E-state index in [2.05, 4.69) is 5.32 Å². The molecule has 0 atom stereocenters. The van der Waals surface area contributed by atoms with Gasteiger partial charge in [0.05, 0.1) is 6.61 Å². The number of carbonyl (C=O) groups is 2. The van der Waals surface area contributed by atoms with Gasteiger partial charge in [-0.25, -0.2) is 4.79 Å². The minimum atomic E-state index is -4.50. The Morgan fingerprint density at radius 2 is 1.86 bits per heavy atom. The minimum Gasteiger partial charge on any atom is -0.383 e. The van der Waals surface area contributed by atoms with E-state index in [1.807, 2.05) is 0 Å². The van der Waals surface area contributed by atoms with E-state index in [1.165, 1.54) is 31.4 Å². The smallest absolute Gasteiger partial charge is 0.383 e. The zero-order chi connectivity index (χ0) is 16.8. The summed E-state index contributed by atoms with van der Waals surface area (Å²) in [6.07, 6.45) is -4.50. The fraction of sp³-hybridized carbons (Fsp3) is 0.385. The number of hydrogen-bond donors (Lipinski definition) is 2. The number of alkyl halides is 3. The Morgan fingerprint density at radius 1 is 1.27 bits per heavy atom. The van der Waals surface area contributed by atoms with Crippen molar-refractivity contribution in [2.24, 2.45) is 5.73 Å². The summed E-state index contributed by atoms with van der Waals surface area (Å²) in [6, 6.07) is 4.59. The first-order chi connectivity index (χ1) is 10.2. The van der Waals surface area contributed by atoms with Crippen LogP contribution in [-0.4, -0.2) is 49.8 Å². The van der Waals surface area contributed by atoms with Crippen LogP contribution in [0.15, 0.2) is 24.3 Å². The van der Waals surface area contributed by atoms with Gasteiger partial charge in [-0.05, 0) is 24.3 Å². The number of urea groups is 1. The number of nitrogens with two attached hydrogens (primary N) is 1. The van der Waals surface area contributed by atoms with E-state index in [-0.39, 0.29) is 18.7 Å². The van der Waals surface area contributed by atoms with Gasteiger partial charge in [-0.2, -0.15) is 13.2 Å². The third-order valence-electron chi connectivity index (χ3n) is 2.62. The molecule has 3 N–H and O–H groups in total. The van der Waals surface area contributed by atoms with Gasteiger partial charge in [-0.3, -0.25) is 4.79 Å². The van der Waals surface area contributed by atoms with E-state index >= 15 is 0 Å². The topological polar surface area (TPSA) is 84.7 Å². The molecule has 3 amide bonds. The Balaban J connectivity index is 2.85.